The Kier molecular flexibility index (Phi) is 7.64. The lowest BCUT2D eigenvalue weighted by Gasteiger charge is -2.63. The zero-order valence-electron chi connectivity index (χ0n) is 25.8. The lowest BCUT2D eigenvalue weighted by molar-refractivity contribution is -0.328. The maximum absolute atomic E-state index is 10.8. The van der Waals surface area contributed by atoms with Gasteiger partial charge in [-0.25, -0.2) is 0 Å². The Morgan fingerprint density at radius 1 is 0.810 bits per heavy atom. The van der Waals surface area contributed by atoms with Crippen LogP contribution in [0, 0.1) is 52.3 Å². The average molecular weight is 595 g/mol. The van der Waals surface area contributed by atoms with Gasteiger partial charge in [0, 0.05) is 12.3 Å². The van der Waals surface area contributed by atoms with Gasteiger partial charge in [-0.1, -0.05) is 27.7 Å². The van der Waals surface area contributed by atoms with Gasteiger partial charge in [0.15, 0.2) is 12.1 Å². The van der Waals surface area contributed by atoms with E-state index in [1.54, 1.807) is 0 Å². The smallest absolute Gasteiger partial charge is 0.186 e. The van der Waals surface area contributed by atoms with E-state index in [2.05, 4.69) is 27.7 Å². The van der Waals surface area contributed by atoms with Crippen LogP contribution in [0.2, 0.25) is 0 Å². The predicted octanol–water partition coefficient (Wildman–Crippen LogP) is 2.59. The molecule has 3 heterocycles. The fraction of sp³-hybridized carbons (Fsp3) is 1.00. The molecular weight excluding hydrogens is 540 g/mol. The van der Waals surface area contributed by atoms with Crippen molar-refractivity contribution in [3.63, 3.8) is 0 Å². The van der Waals surface area contributed by atoms with Crippen LogP contribution in [-0.4, -0.2) is 93.6 Å². The van der Waals surface area contributed by atoms with Crippen molar-refractivity contribution in [2.24, 2.45) is 52.3 Å². The first-order valence-corrected chi connectivity index (χ1v) is 16.9. The van der Waals surface area contributed by atoms with E-state index in [1.807, 2.05) is 0 Å². The second-order valence-corrected chi connectivity index (χ2v) is 16.0. The lowest BCUT2D eigenvalue weighted by Crippen LogP contribution is -2.63. The van der Waals surface area contributed by atoms with Gasteiger partial charge in [0.25, 0.3) is 0 Å². The number of fused-ring (bicyclic) bond motifs is 7. The first-order valence-electron chi connectivity index (χ1n) is 16.9. The minimum absolute atomic E-state index is 0.0176. The van der Waals surface area contributed by atoms with Gasteiger partial charge in [-0.15, -0.1) is 0 Å². The van der Waals surface area contributed by atoms with Gasteiger partial charge in [0.1, 0.15) is 24.4 Å². The Hall–Kier alpha value is -0.360. The van der Waals surface area contributed by atoms with Crippen LogP contribution in [0.1, 0.15) is 85.5 Å². The highest BCUT2D eigenvalue weighted by molar-refractivity contribution is 5.16. The fourth-order valence-corrected chi connectivity index (χ4v) is 11.8. The van der Waals surface area contributed by atoms with Crippen molar-refractivity contribution in [3.05, 3.63) is 0 Å². The molecule has 0 aromatic heterocycles. The average Bonchev–Trinajstić information content (AvgIpc) is 3.41. The van der Waals surface area contributed by atoms with Crippen molar-refractivity contribution in [3.8, 4) is 0 Å². The van der Waals surface area contributed by atoms with E-state index in [1.165, 1.54) is 6.42 Å². The Balaban J connectivity index is 1.17. The zero-order valence-corrected chi connectivity index (χ0v) is 25.8. The molecule has 7 aliphatic rings. The van der Waals surface area contributed by atoms with Crippen LogP contribution in [0.5, 0.6) is 0 Å². The number of ether oxygens (including phenoxy) is 4. The maximum atomic E-state index is 10.8. The van der Waals surface area contributed by atoms with Gasteiger partial charge < -0.3 is 44.5 Å². The van der Waals surface area contributed by atoms with E-state index in [9.17, 15) is 25.5 Å². The summed E-state index contributed by atoms with van der Waals surface area (Å²) in [6.07, 6.45) is 1.75. The SMILES string of the molecule is CC1CCC2(OC1)OC1CC3C4CC(OC5OC(CO)C(O)C(O)C5O)C5CC(O)CCC5(C)C4CCC3(C)C1C2C. The van der Waals surface area contributed by atoms with Gasteiger partial charge in [0.05, 0.1) is 31.5 Å². The molecule has 7 fully saturated rings. The molecule has 1 spiro atoms. The van der Waals surface area contributed by atoms with Crippen LogP contribution in [-0.2, 0) is 18.9 Å². The van der Waals surface area contributed by atoms with E-state index < -0.39 is 43.1 Å². The molecule has 0 aromatic carbocycles. The summed E-state index contributed by atoms with van der Waals surface area (Å²) in [6.45, 7) is 9.83. The van der Waals surface area contributed by atoms with Crippen molar-refractivity contribution >= 4 is 0 Å². The third kappa shape index (κ3) is 4.35. The molecule has 5 N–H and O–H groups in total. The molecule has 3 aliphatic heterocycles. The standard InChI is InChI=1S/C33H54O9/c1-16-5-10-33(39-15-16)17(2)26-24(42-33)13-21-19-12-23(40-30-29(38)28(37)27(36)25(14-34)41-30)22-11-18(35)6-8-31(22,3)20(19)7-9-32(21,26)4/h16-30,34-38H,5-15H2,1-4H3. The summed E-state index contributed by atoms with van der Waals surface area (Å²) in [5.74, 6) is 2.47. The number of aliphatic hydroxyl groups excluding tert-OH is 5. The first-order chi connectivity index (χ1) is 19.9. The molecule has 42 heavy (non-hydrogen) atoms. The second kappa shape index (κ2) is 10.6. The highest BCUT2D eigenvalue weighted by Gasteiger charge is 2.70. The minimum Gasteiger partial charge on any atom is -0.394 e. The summed E-state index contributed by atoms with van der Waals surface area (Å²) in [5, 5.41) is 52.2. The van der Waals surface area contributed by atoms with Crippen molar-refractivity contribution in [2.75, 3.05) is 13.2 Å². The Morgan fingerprint density at radius 2 is 1.57 bits per heavy atom. The Bertz CT molecular complexity index is 1000. The molecule has 7 rings (SSSR count). The van der Waals surface area contributed by atoms with E-state index >= 15 is 0 Å². The molecule has 240 valence electrons. The van der Waals surface area contributed by atoms with E-state index in [0.717, 1.165) is 51.6 Å². The van der Waals surface area contributed by atoms with Crippen molar-refractivity contribution in [1.29, 1.82) is 0 Å². The number of hydrogen-bond acceptors (Lipinski definition) is 9. The Morgan fingerprint density at radius 3 is 2.29 bits per heavy atom. The van der Waals surface area contributed by atoms with Crippen molar-refractivity contribution in [2.45, 2.75) is 140 Å². The van der Waals surface area contributed by atoms with Crippen LogP contribution in [0.3, 0.4) is 0 Å². The van der Waals surface area contributed by atoms with E-state index in [-0.39, 0.29) is 35.1 Å². The summed E-state index contributed by atoms with van der Waals surface area (Å²) < 4.78 is 25.9. The molecule has 0 aromatic rings. The minimum atomic E-state index is -1.47. The lowest BCUT2D eigenvalue weighted by atomic mass is 9.43. The highest BCUT2D eigenvalue weighted by Crippen LogP contribution is 2.71. The van der Waals surface area contributed by atoms with Crippen LogP contribution in [0.4, 0.5) is 0 Å². The summed E-state index contributed by atoms with van der Waals surface area (Å²) >= 11 is 0. The highest BCUT2D eigenvalue weighted by atomic mass is 16.7. The fourth-order valence-electron chi connectivity index (χ4n) is 11.8. The first kappa shape index (κ1) is 30.3. The maximum Gasteiger partial charge on any atom is 0.186 e. The van der Waals surface area contributed by atoms with E-state index in [4.69, 9.17) is 18.9 Å². The molecule has 0 radical (unpaired) electrons. The van der Waals surface area contributed by atoms with Crippen LogP contribution >= 0.6 is 0 Å². The third-order valence-corrected chi connectivity index (χ3v) is 14.1. The molecule has 4 saturated carbocycles. The third-order valence-electron chi connectivity index (χ3n) is 14.1. The van der Waals surface area contributed by atoms with Gasteiger partial charge in [-0.05, 0) is 97.7 Å². The van der Waals surface area contributed by atoms with Gasteiger partial charge >= 0.3 is 0 Å². The zero-order chi connectivity index (χ0) is 29.8. The summed E-state index contributed by atoms with van der Waals surface area (Å²) in [6, 6.07) is 0. The number of aliphatic hydroxyl groups is 5. The summed E-state index contributed by atoms with van der Waals surface area (Å²) in [5.41, 5.74) is 0.128. The molecular formula is C33H54O9. The molecule has 3 saturated heterocycles. The largest absolute Gasteiger partial charge is 0.394 e. The van der Waals surface area contributed by atoms with Crippen LogP contribution in [0.25, 0.3) is 0 Å². The number of hydrogen-bond donors (Lipinski definition) is 5. The molecule has 0 amide bonds. The van der Waals surface area contributed by atoms with Gasteiger partial charge in [0.2, 0.25) is 0 Å². The van der Waals surface area contributed by atoms with Crippen LogP contribution in [0.15, 0.2) is 0 Å². The normalized spacial score (nSPS) is 60.9. The predicted molar refractivity (Wildman–Crippen MR) is 152 cm³/mol. The second-order valence-electron chi connectivity index (χ2n) is 16.0. The Labute approximate surface area is 250 Å². The monoisotopic (exact) mass is 594 g/mol. The molecule has 0 bridgehead atoms. The molecule has 18 unspecified atom stereocenters. The van der Waals surface area contributed by atoms with E-state index in [0.29, 0.717) is 41.9 Å². The molecule has 9 nitrogen and oxygen atoms in total. The number of rotatable bonds is 3. The summed E-state index contributed by atoms with van der Waals surface area (Å²) in [4.78, 5) is 0. The quantitative estimate of drug-likeness (QED) is 0.312. The topological polar surface area (TPSA) is 138 Å². The molecule has 18 atom stereocenters. The molecule has 9 heteroatoms. The van der Waals surface area contributed by atoms with Gasteiger partial charge in [-0.2, -0.15) is 0 Å². The van der Waals surface area contributed by atoms with Gasteiger partial charge in [-0.3, -0.25) is 0 Å². The van der Waals surface area contributed by atoms with Crippen molar-refractivity contribution < 1.29 is 44.5 Å². The van der Waals surface area contributed by atoms with Crippen LogP contribution < -0.4 is 0 Å². The summed E-state index contributed by atoms with van der Waals surface area (Å²) in [7, 11) is 0. The van der Waals surface area contributed by atoms with Crippen molar-refractivity contribution in [1.82, 2.24) is 0 Å². The molecule has 4 aliphatic carbocycles.